The van der Waals surface area contributed by atoms with Crippen molar-refractivity contribution in [2.45, 2.75) is 13.5 Å². The van der Waals surface area contributed by atoms with Crippen LogP contribution in [0.25, 0.3) is 0 Å². The molecule has 0 atom stereocenters. The van der Waals surface area contributed by atoms with Crippen molar-refractivity contribution in [2.75, 3.05) is 0 Å². The van der Waals surface area contributed by atoms with Crippen molar-refractivity contribution in [3.05, 3.63) is 59.2 Å². The number of hydrogen-bond acceptors (Lipinski definition) is 3. The van der Waals surface area contributed by atoms with E-state index in [9.17, 15) is 0 Å². The molecule has 0 aliphatic rings. The Bertz CT molecular complexity index is 609. The lowest BCUT2D eigenvalue weighted by Crippen LogP contribution is -2.12. The smallest absolute Gasteiger partial charge is 0.141 e. The number of rotatable bonds is 4. The fourth-order valence-corrected chi connectivity index (χ4v) is 1.83. The van der Waals surface area contributed by atoms with Gasteiger partial charge in [-0.1, -0.05) is 24.3 Å². The highest BCUT2D eigenvalue weighted by molar-refractivity contribution is 5.98. The van der Waals surface area contributed by atoms with E-state index in [1.165, 1.54) is 0 Å². The predicted molar refractivity (Wildman–Crippen MR) is 74.6 cm³/mol. The Morgan fingerprint density at radius 1 is 1.26 bits per heavy atom. The number of nitrogens with one attached hydrogen (secondary N) is 1. The molecule has 0 unspecified atom stereocenters. The van der Waals surface area contributed by atoms with Gasteiger partial charge in [-0.15, -0.1) is 0 Å². The lowest BCUT2D eigenvalue weighted by Gasteiger charge is -2.13. The normalized spacial score (nSPS) is 10.2. The molecule has 4 nitrogen and oxygen atoms in total. The third-order valence-electron chi connectivity index (χ3n) is 2.80. The lowest BCUT2D eigenvalue weighted by molar-refractivity contribution is 0.281. The molecule has 98 valence electrons. The maximum Gasteiger partial charge on any atom is 0.141 e. The molecule has 0 radical (unpaired) electrons. The standard InChI is InChI=1S/C15H16N2O2/c1-10-4-2-7-13(15(16)17)14(10)19-12-6-3-5-11(8-12)9-18/h2-8,18H,9H2,1H3,(H3,16,17). The van der Waals surface area contributed by atoms with E-state index >= 15 is 0 Å². The monoisotopic (exact) mass is 256 g/mol. The minimum atomic E-state index is -0.0372. The Kier molecular flexibility index (Phi) is 3.82. The molecule has 0 aliphatic heterocycles. The third-order valence-corrected chi connectivity index (χ3v) is 2.80. The second-order valence-corrected chi connectivity index (χ2v) is 4.27. The average Bonchev–Trinajstić information content (AvgIpc) is 2.41. The first-order valence-corrected chi connectivity index (χ1v) is 5.93. The molecule has 0 bridgehead atoms. The van der Waals surface area contributed by atoms with Gasteiger partial charge in [-0.2, -0.15) is 0 Å². The van der Waals surface area contributed by atoms with Gasteiger partial charge in [0.15, 0.2) is 0 Å². The molecule has 0 heterocycles. The minimum Gasteiger partial charge on any atom is -0.456 e. The highest BCUT2D eigenvalue weighted by Gasteiger charge is 2.10. The molecule has 19 heavy (non-hydrogen) atoms. The van der Waals surface area contributed by atoms with Crippen LogP contribution >= 0.6 is 0 Å². The molecule has 0 amide bonds. The highest BCUT2D eigenvalue weighted by atomic mass is 16.5. The van der Waals surface area contributed by atoms with Gasteiger partial charge < -0.3 is 15.6 Å². The molecule has 0 aromatic heterocycles. The van der Waals surface area contributed by atoms with Crippen LogP contribution in [0.4, 0.5) is 0 Å². The first kappa shape index (κ1) is 13.1. The quantitative estimate of drug-likeness (QED) is 0.581. The fourth-order valence-electron chi connectivity index (χ4n) is 1.83. The Balaban J connectivity index is 2.40. The Labute approximate surface area is 112 Å². The molecule has 0 saturated carbocycles. The molecule has 0 spiro atoms. The van der Waals surface area contributed by atoms with Crippen molar-refractivity contribution >= 4 is 5.84 Å². The lowest BCUT2D eigenvalue weighted by atomic mass is 10.1. The van der Waals surface area contributed by atoms with E-state index in [1.807, 2.05) is 31.2 Å². The van der Waals surface area contributed by atoms with Crippen LogP contribution in [0.3, 0.4) is 0 Å². The van der Waals surface area contributed by atoms with Crippen molar-refractivity contribution in [1.82, 2.24) is 0 Å². The van der Waals surface area contributed by atoms with Crippen molar-refractivity contribution < 1.29 is 9.84 Å². The molecule has 4 heteroatoms. The molecule has 2 aromatic carbocycles. The van der Waals surface area contributed by atoms with Crippen LogP contribution in [0.1, 0.15) is 16.7 Å². The summed E-state index contributed by atoms with van der Waals surface area (Å²) in [6.07, 6.45) is 0. The Morgan fingerprint density at radius 3 is 2.68 bits per heavy atom. The van der Waals surface area contributed by atoms with Gasteiger partial charge in [0, 0.05) is 0 Å². The highest BCUT2D eigenvalue weighted by Crippen LogP contribution is 2.29. The summed E-state index contributed by atoms with van der Waals surface area (Å²) in [5.41, 5.74) is 7.80. The van der Waals surface area contributed by atoms with Crippen molar-refractivity contribution in [1.29, 1.82) is 5.41 Å². The second-order valence-electron chi connectivity index (χ2n) is 4.27. The van der Waals surface area contributed by atoms with E-state index in [2.05, 4.69) is 0 Å². The van der Waals surface area contributed by atoms with E-state index in [4.69, 9.17) is 21.0 Å². The second kappa shape index (κ2) is 5.54. The number of para-hydroxylation sites is 1. The molecular formula is C15H16N2O2. The Hall–Kier alpha value is -2.33. The molecule has 2 rings (SSSR count). The number of amidine groups is 1. The van der Waals surface area contributed by atoms with Crippen molar-refractivity contribution in [3.8, 4) is 11.5 Å². The zero-order chi connectivity index (χ0) is 13.8. The number of nitrogen functional groups attached to an aromatic ring is 1. The molecular weight excluding hydrogens is 240 g/mol. The summed E-state index contributed by atoms with van der Waals surface area (Å²) in [5, 5.41) is 16.7. The first-order valence-electron chi connectivity index (χ1n) is 5.93. The summed E-state index contributed by atoms with van der Waals surface area (Å²) in [4.78, 5) is 0. The first-order chi connectivity index (χ1) is 9.11. The number of aryl methyl sites for hydroxylation is 1. The fraction of sp³-hybridized carbons (Fsp3) is 0.133. The van der Waals surface area contributed by atoms with E-state index in [0.29, 0.717) is 17.1 Å². The summed E-state index contributed by atoms with van der Waals surface area (Å²) in [5.74, 6) is 1.16. The van der Waals surface area contributed by atoms with Gasteiger partial charge in [0.05, 0.1) is 12.2 Å². The zero-order valence-electron chi connectivity index (χ0n) is 10.7. The van der Waals surface area contributed by atoms with Gasteiger partial charge in [-0.3, -0.25) is 5.41 Å². The summed E-state index contributed by atoms with van der Waals surface area (Å²) >= 11 is 0. The summed E-state index contributed by atoms with van der Waals surface area (Å²) in [7, 11) is 0. The topological polar surface area (TPSA) is 79.3 Å². The van der Waals surface area contributed by atoms with E-state index < -0.39 is 0 Å². The molecule has 4 N–H and O–H groups in total. The average molecular weight is 256 g/mol. The van der Waals surface area contributed by atoms with Gasteiger partial charge in [0.25, 0.3) is 0 Å². The number of aliphatic hydroxyl groups is 1. The van der Waals surface area contributed by atoms with Gasteiger partial charge in [0.2, 0.25) is 0 Å². The van der Waals surface area contributed by atoms with Gasteiger partial charge in [-0.25, -0.2) is 0 Å². The summed E-state index contributed by atoms with van der Waals surface area (Å²) in [6, 6.07) is 12.7. The number of benzene rings is 2. The van der Waals surface area contributed by atoms with E-state index in [1.54, 1.807) is 18.2 Å². The van der Waals surface area contributed by atoms with Crippen molar-refractivity contribution in [2.24, 2.45) is 5.73 Å². The number of nitrogens with two attached hydrogens (primary N) is 1. The third kappa shape index (κ3) is 2.92. The van der Waals surface area contributed by atoms with Crippen LogP contribution in [-0.4, -0.2) is 10.9 Å². The minimum absolute atomic E-state index is 0.0305. The predicted octanol–water partition coefficient (Wildman–Crippen LogP) is 2.56. The summed E-state index contributed by atoms with van der Waals surface area (Å²) in [6.45, 7) is 1.86. The van der Waals surface area contributed by atoms with Gasteiger partial charge in [0.1, 0.15) is 17.3 Å². The Morgan fingerprint density at radius 2 is 2.00 bits per heavy atom. The van der Waals surface area contributed by atoms with Gasteiger partial charge >= 0.3 is 0 Å². The largest absolute Gasteiger partial charge is 0.456 e. The van der Waals surface area contributed by atoms with Crippen LogP contribution in [0.5, 0.6) is 11.5 Å². The van der Waals surface area contributed by atoms with Crippen LogP contribution in [0, 0.1) is 12.3 Å². The molecule has 0 saturated heterocycles. The van der Waals surface area contributed by atoms with Crippen molar-refractivity contribution in [3.63, 3.8) is 0 Å². The van der Waals surface area contributed by atoms with Crippen LogP contribution in [0.2, 0.25) is 0 Å². The van der Waals surface area contributed by atoms with Gasteiger partial charge in [-0.05, 0) is 36.2 Å². The molecule has 0 aliphatic carbocycles. The molecule has 2 aromatic rings. The SMILES string of the molecule is Cc1cccc(C(=N)N)c1Oc1cccc(CO)c1. The van der Waals surface area contributed by atoms with E-state index in [0.717, 1.165) is 11.1 Å². The maximum atomic E-state index is 9.12. The van der Waals surface area contributed by atoms with Crippen LogP contribution in [-0.2, 0) is 6.61 Å². The number of aliphatic hydroxyl groups excluding tert-OH is 1. The zero-order valence-corrected chi connectivity index (χ0v) is 10.7. The van der Waals surface area contributed by atoms with Crippen LogP contribution in [0.15, 0.2) is 42.5 Å². The van der Waals surface area contributed by atoms with Crippen LogP contribution < -0.4 is 10.5 Å². The number of hydrogen-bond donors (Lipinski definition) is 3. The van der Waals surface area contributed by atoms with E-state index in [-0.39, 0.29) is 12.4 Å². The maximum absolute atomic E-state index is 9.12. The summed E-state index contributed by atoms with van der Waals surface area (Å²) < 4.78 is 5.81. The number of ether oxygens (including phenoxy) is 1. The molecule has 0 fully saturated rings.